The quantitative estimate of drug-likeness (QED) is 0.340. The fourth-order valence-electron chi connectivity index (χ4n) is 3.10. The standard InChI is InChI=1S/C21H20N8O4/c1-12(15-9-4-5-10-16(15)32-3)23-25-21(30)17-18(13-7-6-8-14(11-13)31-2)29(28-24-17)20-19(22)26-33-27-20/h4-11,23H,1H2,2-3H3,(H2,22,26)(H,25,30). The Kier molecular flexibility index (Phi) is 5.89. The summed E-state index contributed by atoms with van der Waals surface area (Å²) < 4.78 is 16.6. The van der Waals surface area contributed by atoms with Crippen LogP contribution < -0.4 is 26.1 Å². The number of amides is 1. The number of carbonyl (C=O) groups is 1. The van der Waals surface area contributed by atoms with Gasteiger partial charge in [-0.15, -0.1) is 5.10 Å². The molecule has 2 heterocycles. The zero-order valence-corrected chi connectivity index (χ0v) is 17.8. The van der Waals surface area contributed by atoms with Gasteiger partial charge >= 0.3 is 0 Å². The first-order valence-electron chi connectivity index (χ1n) is 9.60. The molecule has 1 amide bonds. The van der Waals surface area contributed by atoms with Crippen molar-refractivity contribution in [2.24, 2.45) is 0 Å². The number of hydrogen-bond acceptors (Lipinski definition) is 10. The summed E-state index contributed by atoms with van der Waals surface area (Å²) in [6.45, 7) is 3.95. The first-order valence-corrected chi connectivity index (χ1v) is 9.60. The van der Waals surface area contributed by atoms with Gasteiger partial charge in [-0.1, -0.05) is 36.1 Å². The number of carbonyl (C=O) groups excluding carboxylic acids is 1. The number of nitrogens with one attached hydrogen (secondary N) is 2. The van der Waals surface area contributed by atoms with Crippen LogP contribution in [-0.4, -0.2) is 45.4 Å². The Labute approximate surface area is 187 Å². The van der Waals surface area contributed by atoms with Gasteiger partial charge in [-0.05, 0) is 34.6 Å². The molecule has 0 atom stereocenters. The van der Waals surface area contributed by atoms with Crippen LogP contribution in [0.1, 0.15) is 16.1 Å². The van der Waals surface area contributed by atoms with Crippen molar-refractivity contribution in [1.29, 1.82) is 0 Å². The molecule has 4 N–H and O–H groups in total. The Bertz CT molecular complexity index is 1310. The van der Waals surface area contributed by atoms with E-state index in [0.29, 0.717) is 34.0 Å². The Morgan fingerprint density at radius 3 is 2.64 bits per heavy atom. The molecule has 0 fully saturated rings. The minimum Gasteiger partial charge on any atom is -0.497 e. The first-order chi connectivity index (χ1) is 16.0. The van der Waals surface area contributed by atoms with Gasteiger partial charge in [0.05, 0.1) is 19.9 Å². The molecule has 0 aliphatic carbocycles. The van der Waals surface area contributed by atoms with Crippen molar-refractivity contribution in [3.63, 3.8) is 0 Å². The predicted octanol–water partition coefficient (Wildman–Crippen LogP) is 1.82. The molecular weight excluding hydrogens is 428 g/mol. The van der Waals surface area contributed by atoms with E-state index in [4.69, 9.17) is 15.2 Å². The van der Waals surface area contributed by atoms with Gasteiger partial charge in [-0.25, -0.2) is 4.63 Å². The van der Waals surface area contributed by atoms with E-state index in [1.807, 2.05) is 12.1 Å². The monoisotopic (exact) mass is 448 g/mol. The SMILES string of the molecule is C=C(NNC(=O)c1nnn(-c2nonc2N)c1-c1cccc(OC)c1)c1ccccc1OC. The molecule has 2 aromatic carbocycles. The number of para-hydroxylation sites is 1. The summed E-state index contributed by atoms with van der Waals surface area (Å²) in [6, 6.07) is 14.3. The molecule has 0 aliphatic rings. The maximum absolute atomic E-state index is 13.1. The number of rotatable bonds is 8. The van der Waals surface area contributed by atoms with Crippen molar-refractivity contribution in [2.75, 3.05) is 20.0 Å². The molecule has 0 unspecified atom stereocenters. The molecule has 0 saturated carbocycles. The van der Waals surface area contributed by atoms with Gasteiger partial charge in [0.1, 0.15) is 17.2 Å². The second-order valence-corrected chi connectivity index (χ2v) is 6.66. The summed E-state index contributed by atoms with van der Waals surface area (Å²) in [4.78, 5) is 13.1. The average Bonchev–Trinajstić information content (AvgIpc) is 3.48. The average molecular weight is 448 g/mol. The lowest BCUT2D eigenvalue weighted by atomic mass is 10.1. The lowest BCUT2D eigenvalue weighted by Gasteiger charge is -2.14. The number of nitrogen functional groups attached to an aromatic ring is 1. The van der Waals surface area contributed by atoms with Crippen molar-refractivity contribution in [3.8, 4) is 28.6 Å². The lowest BCUT2D eigenvalue weighted by molar-refractivity contribution is 0.0938. The minimum absolute atomic E-state index is 0.00835. The number of methoxy groups -OCH3 is 2. The van der Waals surface area contributed by atoms with E-state index in [1.165, 1.54) is 11.8 Å². The third kappa shape index (κ3) is 4.17. The summed E-state index contributed by atoms with van der Waals surface area (Å²) in [5, 5.41) is 15.4. The molecule has 4 aromatic rings. The van der Waals surface area contributed by atoms with Crippen LogP contribution in [0.15, 0.2) is 59.7 Å². The molecule has 12 heteroatoms. The fourth-order valence-corrected chi connectivity index (χ4v) is 3.10. The second-order valence-electron chi connectivity index (χ2n) is 6.66. The molecule has 0 aliphatic heterocycles. The molecule has 4 rings (SSSR count). The smallest absolute Gasteiger partial charge is 0.292 e. The second kappa shape index (κ2) is 9.09. The summed E-state index contributed by atoms with van der Waals surface area (Å²) in [6.07, 6.45) is 0. The van der Waals surface area contributed by atoms with Crippen LogP contribution in [0.25, 0.3) is 22.8 Å². The van der Waals surface area contributed by atoms with Gasteiger partial charge in [-0.3, -0.25) is 15.6 Å². The van der Waals surface area contributed by atoms with Gasteiger partial charge < -0.3 is 15.2 Å². The molecule has 0 saturated heterocycles. The number of ether oxygens (including phenoxy) is 2. The van der Waals surface area contributed by atoms with Gasteiger partial charge in [0.25, 0.3) is 5.91 Å². The number of aromatic nitrogens is 5. The maximum Gasteiger partial charge on any atom is 0.292 e. The Hall–Kier alpha value is -4.87. The van der Waals surface area contributed by atoms with Gasteiger partial charge in [0.2, 0.25) is 11.6 Å². The molecule has 33 heavy (non-hydrogen) atoms. The largest absolute Gasteiger partial charge is 0.497 e. The highest BCUT2D eigenvalue weighted by molar-refractivity contribution is 5.98. The zero-order chi connectivity index (χ0) is 23.4. The number of nitrogens with two attached hydrogens (primary N) is 1. The van der Waals surface area contributed by atoms with Crippen molar-refractivity contribution < 1.29 is 18.9 Å². The summed E-state index contributed by atoms with van der Waals surface area (Å²) in [5.74, 6) is 0.663. The van der Waals surface area contributed by atoms with Crippen molar-refractivity contribution in [2.45, 2.75) is 0 Å². The highest BCUT2D eigenvalue weighted by Gasteiger charge is 2.25. The van der Waals surface area contributed by atoms with E-state index in [0.717, 1.165) is 0 Å². The number of hydrogen-bond donors (Lipinski definition) is 3. The van der Waals surface area contributed by atoms with Crippen LogP contribution in [-0.2, 0) is 0 Å². The Balaban J connectivity index is 1.67. The van der Waals surface area contributed by atoms with E-state index in [9.17, 15) is 4.79 Å². The molecular formula is C21H20N8O4. The van der Waals surface area contributed by atoms with Crippen LogP contribution in [0.5, 0.6) is 11.5 Å². The molecule has 0 spiro atoms. The fraction of sp³-hybridized carbons (Fsp3) is 0.0952. The normalized spacial score (nSPS) is 10.5. The third-order valence-electron chi connectivity index (χ3n) is 4.68. The number of anilines is 1. The predicted molar refractivity (Wildman–Crippen MR) is 118 cm³/mol. The van der Waals surface area contributed by atoms with Gasteiger partial charge in [0.15, 0.2) is 5.69 Å². The maximum atomic E-state index is 13.1. The first kappa shape index (κ1) is 21.4. The highest BCUT2D eigenvalue weighted by atomic mass is 16.6. The topological polar surface area (TPSA) is 155 Å². The van der Waals surface area contributed by atoms with E-state index in [1.54, 1.807) is 43.5 Å². The van der Waals surface area contributed by atoms with Crippen molar-refractivity contribution in [1.82, 2.24) is 36.2 Å². The van der Waals surface area contributed by atoms with E-state index < -0.39 is 5.91 Å². The van der Waals surface area contributed by atoms with Gasteiger partial charge in [-0.2, -0.15) is 4.68 Å². The Morgan fingerprint density at radius 2 is 1.91 bits per heavy atom. The van der Waals surface area contributed by atoms with E-state index in [-0.39, 0.29) is 17.3 Å². The molecule has 0 radical (unpaired) electrons. The lowest BCUT2D eigenvalue weighted by Crippen LogP contribution is -2.36. The molecule has 12 nitrogen and oxygen atoms in total. The van der Waals surface area contributed by atoms with Crippen LogP contribution in [0.2, 0.25) is 0 Å². The molecule has 168 valence electrons. The minimum atomic E-state index is -0.579. The number of nitrogens with zero attached hydrogens (tertiary/aromatic N) is 5. The van der Waals surface area contributed by atoms with Crippen molar-refractivity contribution in [3.05, 3.63) is 66.4 Å². The third-order valence-corrected chi connectivity index (χ3v) is 4.68. The van der Waals surface area contributed by atoms with Crippen LogP contribution in [0.4, 0.5) is 5.82 Å². The number of benzene rings is 2. The summed E-state index contributed by atoms with van der Waals surface area (Å²) in [5.41, 5.74) is 13.2. The number of hydrazine groups is 1. The van der Waals surface area contributed by atoms with E-state index in [2.05, 4.69) is 42.7 Å². The molecule has 0 bridgehead atoms. The summed E-state index contributed by atoms with van der Waals surface area (Å²) in [7, 11) is 3.09. The van der Waals surface area contributed by atoms with Crippen molar-refractivity contribution >= 4 is 17.4 Å². The zero-order valence-electron chi connectivity index (χ0n) is 17.8. The van der Waals surface area contributed by atoms with Crippen LogP contribution in [0, 0.1) is 0 Å². The molecule has 2 aromatic heterocycles. The van der Waals surface area contributed by atoms with E-state index >= 15 is 0 Å². The Morgan fingerprint density at radius 1 is 1.09 bits per heavy atom. The van der Waals surface area contributed by atoms with Crippen LogP contribution in [0.3, 0.4) is 0 Å². The van der Waals surface area contributed by atoms with Crippen LogP contribution >= 0.6 is 0 Å². The highest BCUT2D eigenvalue weighted by Crippen LogP contribution is 2.29. The summed E-state index contributed by atoms with van der Waals surface area (Å²) >= 11 is 0. The van der Waals surface area contributed by atoms with Gasteiger partial charge in [0, 0.05) is 11.1 Å².